The van der Waals surface area contributed by atoms with Crippen LogP contribution >= 0.6 is 11.6 Å². The molecule has 2 aromatic rings. The van der Waals surface area contributed by atoms with Crippen molar-refractivity contribution in [3.8, 4) is 0 Å². The Morgan fingerprint density at radius 3 is 2.89 bits per heavy atom. The van der Waals surface area contributed by atoms with Crippen molar-refractivity contribution in [1.82, 2.24) is 9.47 Å². The zero-order valence-electron chi connectivity index (χ0n) is 11.2. The van der Waals surface area contributed by atoms with Gasteiger partial charge in [-0.1, -0.05) is 30.7 Å². The van der Waals surface area contributed by atoms with E-state index in [0.29, 0.717) is 12.0 Å². The van der Waals surface area contributed by atoms with Gasteiger partial charge in [0.05, 0.1) is 11.6 Å². The molecule has 3 heteroatoms. The minimum Gasteiger partial charge on any atom is -0.345 e. The van der Waals surface area contributed by atoms with Crippen molar-refractivity contribution in [3.05, 3.63) is 41.1 Å². The lowest BCUT2D eigenvalue weighted by atomic mass is 9.86. The lowest BCUT2D eigenvalue weighted by molar-refractivity contribution is 0.234. The van der Waals surface area contributed by atoms with Crippen LogP contribution in [-0.4, -0.2) is 29.1 Å². The highest BCUT2D eigenvalue weighted by atomic mass is 35.5. The summed E-state index contributed by atoms with van der Waals surface area (Å²) in [5.74, 6) is 0.614. The first-order valence-electron chi connectivity index (χ1n) is 6.85. The van der Waals surface area contributed by atoms with Gasteiger partial charge >= 0.3 is 0 Å². The fourth-order valence-electron chi connectivity index (χ4n) is 3.66. The van der Waals surface area contributed by atoms with E-state index in [0.717, 1.165) is 18.1 Å². The quantitative estimate of drug-likeness (QED) is 0.711. The first kappa shape index (κ1) is 11.6. The molecule has 0 saturated carbocycles. The minimum absolute atomic E-state index is 0.500. The summed E-state index contributed by atoms with van der Waals surface area (Å²) in [6, 6.07) is 6.86. The number of benzene rings is 1. The van der Waals surface area contributed by atoms with Gasteiger partial charge in [0.15, 0.2) is 0 Å². The molecule has 2 aliphatic heterocycles. The van der Waals surface area contributed by atoms with E-state index in [9.17, 15) is 0 Å². The van der Waals surface area contributed by atoms with E-state index in [-0.39, 0.29) is 0 Å². The van der Waals surface area contributed by atoms with Crippen LogP contribution in [0.2, 0.25) is 5.02 Å². The summed E-state index contributed by atoms with van der Waals surface area (Å²) in [7, 11) is 2.23. The van der Waals surface area contributed by atoms with Crippen molar-refractivity contribution in [2.45, 2.75) is 19.5 Å². The van der Waals surface area contributed by atoms with Crippen LogP contribution in [0.15, 0.2) is 30.5 Å². The number of nitrogens with zero attached hydrogens (tertiary/aromatic N) is 2. The molecule has 0 unspecified atom stereocenters. The Morgan fingerprint density at radius 2 is 2.05 bits per heavy atom. The zero-order chi connectivity index (χ0) is 13.1. The molecule has 3 heterocycles. The second-order valence-electron chi connectivity index (χ2n) is 5.88. The fraction of sp³-hybridized carbons (Fsp3) is 0.375. The highest BCUT2D eigenvalue weighted by Crippen LogP contribution is 2.40. The molecule has 4 rings (SSSR count). The molecule has 98 valence electrons. The third-order valence-corrected chi connectivity index (χ3v) is 4.81. The number of halogens is 1. The van der Waals surface area contributed by atoms with Gasteiger partial charge in [0.25, 0.3) is 0 Å². The molecule has 0 N–H and O–H groups in total. The van der Waals surface area contributed by atoms with Crippen LogP contribution in [0.25, 0.3) is 16.5 Å². The molecule has 0 fully saturated rings. The molecule has 19 heavy (non-hydrogen) atoms. The van der Waals surface area contributed by atoms with E-state index in [1.807, 2.05) is 6.07 Å². The predicted molar refractivity (Wildman–Crippen MR) is 80.5 cm³/mol. The normalized spacial score (nSPS) is 26.4. The largest absolute Gasteiger partial charge is 0.345 e. The molecule has 0 saturated heterocycles. The lowest BCUT2D eigenvalue weighted by Crippen LogP contribution is -2.43. The first-order valence-corrected chi connectivity index (χ1v) is 7.22. The number of hydrogen-bond donors (Lipinski definition) is 0. The van der Waals surface area contributed by atoms with Gasteiger partial charge < -0.3 is 4.57 Å². The predicted octanol–water partition coefficient (Wildman–Crippen LogP) is 3.64. The lowest BCUT2D eigenvalue weighted by Gasteiger charge is -2.39. The van der Waals surface area contributed by atoms with Crippen molar-refractivity contribution in [2.75, 3.05) is 13.6 Å². The van der Waals surface area contributed by atoms with E-state index in [1.165, 1.54) is 22.0 Å². The third-order valence-electron chi connectivity index (χ3n) is 4.48. The number of aromatic nitrogens is 1. The van der Waals surface area contributed by atoms with Crippen LogP contribution in [0.4, 0.5) is 0 Å². The summed E-state index contributed by atoms with van der Waals surface area (Å²) in [5, 5.41) is 2.04. The summed E-state index contributed by atoms with van der Waals surface area (Å²) in [6.45, 7) is 4.47. The topological polar surface area (TPSA) is 8.17 Å². The summed E-state index contributed by atoms with van der Waals surface area (Å²) in [5.41, 5.74) is 4.14. The molecule has 1 aromatic carbocycles. The standard InChI is InChI=1S/C16H17ClN2/c1-10-7-13-11-3-4-14(17)12-5-6-19(16(11)12)9-15(13)18(2)8-10/h3-7,10,15H,8-9H2,1-2H3/t10-,15-/m1/s1. The molecule has 1 aromatic heterocycles. The highest BCUT2D eigenvalue weighted by molar-refractivity contribution is 6.35. The van der Waals surface area contributed by atoms with Gasteiger partial charge in [-0.25, -0.2) is 0 Å². The summed E-state index contributed by atoms with van der Waals surface area (Å²) in [6.07, 6.45) is 4.62. The monoisotopic (exact) mass is 272 g/mol. The Balaban J connectivity index is 2.03. The number of rotatable bonds is 0. The Hall–Kier alpha value is -1.25. The zero-order valence-corrected chi connectivity index (χ0v) is 12.0. The molecule has 2 aliphatic rings. The van der Waals surface area contributed by atoms with Gasteiger partial charge in [0.2, 0.25) is 0 Å². The van der Waals surface area contributed by atoms with E-state index in [4.69, 9.17) is 11.6 Å². The summed E-state index contributed by atoms with van der Waals surface area (Å²) < 4.78 is 2.35. The highest BCUT2D eigenvalue weighted by Gasteiger charge is 2.32. The van der Waals surface area contributed by atoms with Crippen molar-refractivity contribution in [1.29, 1.82) is 0 Å². The van der Waals surface area contributed by atoms with Crippen LogP contribution in [0.3, 0.4) is 0 Å². The molecule has 0 spiro atoms. The maximum atomic E-state index is 6.31. The molecular weight excluding hydrogens is 256 g/mol. The van der Waals surface area contributed by atoms with Gasteiger partial charge in [-0.15, -0.1) is 0 Å². The summed E-state index contributed by atoms with van der Waals surface area (Å²) >= 11 is 6.31. The van der Waals surface area contributed by atoms with Crippen molar-refractivity contribution in [3.63, 3.8) is 0 Å². The van der Waals surface area contributed by atoms with Crippen molar-refractivity contribution < 1.29 is 0 Å². The third kappa shape index (κ3) is 1.53. The Labute approximate surface area is 118 Å². The van der Waals surface area contributed by atoms with Gasteiger partial charge in [0, 0.05) is 35.3 Å². The first-order chi connectivity index (χ1) is 9.15. The number of fused-ring (bicyclic) bond motifs is 2. The maximum absolute atomic E-state index is 6.31. The van der Waals surface area contributed by atoms with E-state index in [2.05, 4.69) is 47.8 Å². The average molecular weight is 273 g/mol. The average Bonchev–Trinajstić information content (AvgIpc) is 2.79. The second-order valence-corrected chi connectivity index (χ2v) is 6.29. The number of hydrogen-bond acceptors (Lipinski definition) is 1. The molecule has 2 nitrogen and oxygen atoms in total. The van der Waals surface area contributed by atoms with Crippen LogP contribution < -0.4 is 0 Å². The maximum Gasteiger partial charge on any atom is 0.0572 e. The SMILES string of the molecule is C[C@@H]1C=C2c3ccc(Cl)c4ccn(c34)C[C@H]2N(C)C1. The van der Waals surface area contributed by atoms with Crippen LogP contribution in [0, 0.1) is 5.92 Å². The van der Waals surface area contributed by atoms with E-state index < -0.39 is 0 Å². The van der Waals surface area contributed by atoms with E-state index >= 15 is 0 Å². The number of likely N-dealkylation sites (N-methyl/N-ethyl adjacent to an activating group) is 1. The second kappa shape index (κ2) is 3.87. The molecule has 0 radical (unpaired) electrons. The molecular formula is C16H17ClN2. The van der Waals surface area contributed by atoms with Crippen molar-refractivity contribution >= 4 is 28.1 Å². The molecule has 0 bridgehead atoms. The molecule has 0 aliphatic carbocycles. The molecule has 2 atom stereocenters. The minimum atomic E-state index is 0.500. The molecule has 0 amide bonds. The van der Waals surface area contributed by atoms with Gasteiger partial charge in [-0.3, -0.25) is 4.90 Å². The van der Waals surface area contributed by atoms with Gasteiger partial charge in [-0.05, 0) is 30.7 Å². The Kier molecular flexibility index (Phi) is 2.36. The van der Waals surface area contributed by atoms with Crippen LogP contribution in [-0.2, 0) is 6.54 Å². The van der Waals surface area contributed by atoms with Gasteiger partial charge in [0.1, 0.15) is 0 Å². The van der Waals surface area contributed by atoms with Crippen molar-refractivity contribution in [2.24, 2.45) is 5.92 Å². The van der Waals surface area contributed by atoms with E-state index in [1.54, 1.807) is 0 Å². The fourth-order valence-corrected chi connectivity index (χ4v) is 3.87. The Bertz CT molecular complexity index is 698. The Morgan fingerprint density at radius 1 is 1.21 bits per heavy atom. The van der Waals surface area contributed by atoms with Crippen LogP contribution in [0.5, 0.6) is 0 Å². The smallest absolute Gasteiger partial charge is 0.0572 e. The summed E-state index contributed by atoms with van der Waals surface area (Å²) in [4.78, 5) is 2.48. The van der Waals surface area contributed by atoms with Crippen LogP contribution in [0.1, 0.15) is 12.5 Å². The van der Waals surface area contributed by atoms with Gasteiger partial charge in [-0.2, -0.15) is 0 Å².